The number of nitrogens with one attached hydrogen (secondary N) is 1. The maximum Gasteiger partial charge on any atom is 0.355 e. The molecule has 0 spiro atoms. The quantitative estimate of drug-likeness (QED) is 0.616. The minimum absolute atomic E-state index is 0.0204. The van der Waals surface area contributed by atoms with Gasteiger partial charge in [0.2, 0.25) is 0 Å². The molecule has 168 valence electrons. The van der Waals surface area contributed by atoms with Gasteiger partial charge in [-0.1, -0.05) is 12.1 Å². The smallest absolute Gasteiger partial charge is 0.355 e. The first-order chi connectivity index (χ1) is 14.9. The second-order valence-electron chi connectivity index (χ2n) is 7.96. The van der Waals surface area contributed by atoms with Gasteiger partial charge in [0.25, 0.3) is 5.91 Å². The van der Waals surface area contributed by atoms with Crippen molar-refractivity contribution in [3.63, 3.8) is 0 Å². The highest BCUT2D eigenvalue weighted by Crippen LogP contribution is 2.23. The summed E-state index contributed by atoms with van der Waals surface area (Å²) in [5.41, 5.74) is 4.09. The van der Waals surface area contributed by atoms with E-state index in [0.717, 1.165) is 41.8 Å². The molecular formula is C24H32N2O5. The molecular weight excluding hydrogens is 396 g/mol. The zero-order valence-electron chi connectivity index (χ0n) is 18.8. The number of benzene rings is 1. The minimum Gasteiger partial charge on any atom is -0.484 e. The number of hydrogen-bond acceptors (Lipinski definition) is 5. The molecule has 0 saturated carbocycles. The zero-order valence-corrected chi connectivity index (χ0v) is 18.8. The first kappa shape index (κ1) is 22.9. The number of amides is 1. The van der Waals surface area contributed by atoms with Crippen LogP contribution >= 0.6 is 0 Å². The molecule has 1 amide bonds. The van der Waals surface area contributed by atoms with Crippen molar-refractivity contribution in [2.24, 2.45) is 0 Å². The van der Waals surface area contributed by atoms with Gasteiger partial charge in [-0.25, -0.2) is 4.79 Å². The van der Waals surface area contributed by atoms with Crippen LogP contribution in [-0.2, 0) is 20.8 Å². The lowest BCUT2D eigenvalue weighted by Crippen LogP contribution is -2.39. The fourth-order valence-corrected chi connectivity index (χ4v) is 3.85. The molecule has 1 aliphatic heterocycles. The Labute approximate surface area is 183 Å². The molecule has 2 aromatic rings. The molecule has 0 aliphatic carbocycles. The van der Waals surface area contributed by atoms with Crippen molar-refractivity contribution in [2.45, 2.75) is 53.2 Å². The third-order valence-corrected chi connectivity index (χ3v) is 5.57. The summed E-state index contributed by atoms with van der Waals surface area (Å²) in [4.78, 5) is 30.2. The lowest BCUT2D eigenvalue weighted by molar-refractivity contribution is -0.135. The number of esters is 1. The highest BCUT2D eigenvalue weighted by molar-refractivity contribution is 5.90. The topological polar surface area (TPSA) is 80.9 Å². The molecule has 7 heteroatoms. The van der Waals surface area contributed by atoms with E-state index in [9.17, 15) is 9.59 Å². The summed E-state index contributed by atoms with van der Waals surface area (Å²) in [6.45, 7) is 9.40. The molecule has 2 heterocycles. The summed E-state index contributed by atoms with van der Waals surface area (Å²) in [5.74, 6) is 0.174. The Morgan fingerprint density at radius 2 is 2.06 bits per heavy atom. The minimum atomic E-state index is -0.380. The SMILES string of the molecule is CCOC(=O)c1[nH]c(C)c(CN(CC2CCCO2)C(=O)COc2cccc(C)c2)c1C. The Morgan fingerprint density at radius 1 is 1.26 bits per heavy atom. The Kier molecular flexibility index (Phi) is 7.74. The van der Waals surface area contributed by atoms with Crippen LogP contribution in [0, 0.1) is 20.8 Å². The normalized spacial score (nSPS) is 15.7. The second-order valence-corrected chi connectivity index (χ2v) is 7.96. The van der Waals surface area contributed by atoms with Crippen LogP contribution < -0.4 is 4.74 Å². The number of aryl methyl sites for hydroxylation is 2. The molecule has 1 aromatic heterocycles. The van der Waals surface area contributed by atoms with Gasteiger partial charge in [0.15, 0.2) is 6.61 Å². The van der Waals surface area contributed by atoms with E-state index in [1.165, 1.54) is 0 Å². The van der Waals surface area contributed by atoms with Crippen LogP contribution in [0.4, 0.5) is 0 Å². The van der Waals surface area contributed by atoms with Crippen molar-refractivity contribution in [1.82, 2.24) is 9.88 Å². The van der Waals surface area contributed by atoms with E-state index >= 15 is 0 Å². The molecule has 1 unspecified atom stereocenters. The number of rotatable bonds is 9. The lowest BCUT2D eigenvalue weighted by atomic mass is 10.1. The highest BCUT2D eigenvalue weighted by Gasteiger charge is 2.26. The lowest BCUT2D eigenvalue weighted by Gasteiger charge is -2.26. The number of carbonyl (C=O) groups excluding carboxylic acids is 2. The fourth-order valence-electron chi connectivity index (χ4n) is 3.85. The summed E-state index contributed by atoms with van der Waals surface area (Å²) < 4.78 is 16.7. The third kappa shape index (κ3) is 5.88. The van der Waals surface area contributed by atoms with Gasteiger partial charge in [-0.05, 0) is 69.4 Å². The Hall–Kier alpha value is -2.80. The zero-order chi connectivity index (χ0) is 22.4. The van der Waals surface area contributed by atoms with E-state index in [4.69, 9.17) is 14.2 Å². The maximum atomic E-state index is 13.1. The number of aromatic nitrogens is 1. The van der Waals surface area contributed by atoms with Crippen molar-refractivity contribution in [2.75, 3.05) is 26.4 Å². The van der Waals surface area contributed by atoms with E-state index in [0.29, 0.717) is 31.1 Å². The Bertz CT molecular complexity index is 915. The first-order valence-corrected chi connectivity index (χ1v) is 10.8. The molecule has 0 radical (unpaired) electrons. The van der Waals surface area contributed by atoms with E-state index in [-0.39, 0.29) is 24.6 Å². The average molecular weight is 429 g/mol. The van der Waals surface area contributed by atoms with Crippen LogP contribution in [0.3, 0.4) is 0 Å². The molecule has 0 bridgehead atoms. The number of nitrogens with zero attached hydrogens (tertiary/aromatic N) is 1. The second kappa shape index (κ2) is 10.5. The first-order valence-electron chi connectivity index (χ1n) is 10.8. The van der Waals surface area contributed by atoms with Gasteiger partial charge >= 0.3 is 5.97 Å². The number of H-pyrrole nitrogens is 1. The molecule has 1 atom stereocenters. The van der Waals surface area contributed by atoms with Gasteiger partial charge in [-0.15, -0.1) is 0 Å². The van der Waals surface area contributed by atoms with E-state index < -0.39 is 0 Å². The van der Waals surface area contributed by atoms with Gasteiger partial charge in [0.05, 0.1) is 12.7 Å². The van der Waals surface area contributed by atoms with Crippen LogP contribution in [0.2, 0.25) is 0 Å². The molecule has 1 aromatic carbocycles. The monoisotopic (exact) mass is 428 g/mol. The molecule has 3 rings (SSSR count). The maximum absolute atomic E-state index is 13.1. The Balaban J connectivity index is 1.75. The summed E-state index contributed by atoms with van der Waals surface area (Å²) in [6.07, 6.45) is 1.95. The number of ether oxygens (including phenoxy) is 3. The Morgan fingerprint density at radius 3 is 2.74 bits per heavy atom. The summed E-state index contributed by atoms with van der Waals surface area (Å²) in [6, 6.07) is 7.64. The predicted octanol–water partition coefficient (Wildman–Crippen LogP) is 3.70. The van der Waals surface area contributed by atoms with E-state index in [1.54, 1.807) is 11.8 Å². The average Bonchev–Trinajstić information content (AvgIpc) is 3.35. The van der Waals surface area contributed by atoms with Gasteiger partial charge in [-0.3, -0.25) is 4.79 Å². The summed E-state index contributed by atoms with van der Waals surface area (Å²) in [5, 5.41) is 0. The number of aromatic amines is 1. The standard InChI is InChI=1S/C24H32N2O5/c1-5-29-24(28)23-17(3)21(18(4)25-23)14-26(13-20-10-7-11-30-20)22(27)15-31-19-9-6-8-16(2)12-19/h6,8-9,12,20,25H,5,7,10-11,13-15H2,1-4H3. The third-order valence-electron chi connectivity index (χ3n) is 5.57. The van der Waals surface area contributed by atoms with Gasteiger partial charge in [-0.2, -0.15) is 0 Å². The largest absolute Gasteiger partial charge is 0.484 e. The molecule has 1 saturated heterocycles. The fraction of sp³-hybridized carbons (Fsp3) is 0.500. The molecule has 1 aliphatic rings. The molecule has 1 N–H and O–H groups in total. The summed E-state index contributed by atoms with van der Waals surface area (Å²) in [7, 11) is 0. The van der Waals surface area contributed by atoms with Crippen LogP contribution in [0.5, 0.6) is 5.75 Å². The van der Waals surface area contributed by atoms with Crippen LogP contribution in [0.15, 0.2) is 24.3 Å². The predicted molar refractivity (Wildman–Crippen MR) is 117 cm³/mol. The molecule has 1 fully saturated rings. The molecule has 31 heavy (non-hydrogen) atoms. The van der Waals surface area contributed by atoms with Crippen LogP contribution in [0.1, 0.15) is 52.6 Å². The van der Waals surface area contributed by atoms with Gasteiger partial charge in [0, 0.05) is 25.4 Å². The molecule has 7 nitrogen and oxygen atoms in total. The van der Waals surface area contributed by atoms with Crippen LogP contribution in [0.25, 0.3) is 0 Å². The van der Waals surface area contributed by atoms with Crippen molar-refractivity contribution < 1.29 is 23.8 Å². The van der Waals surface area contributed by atoms with Crippen molar-refractivity contribution in [3.8, 4) is 5.75 Å². The van der Waals surface area contributed by atoms with Crippen molar-refractivity contribution in [3.05, 3.63) is 52.3 Å². The summed E-state index contributed by atoms with van der Waals surface area (Å²) >= 11 is 0. The van der Waals surface area contributed by atoms with Gasteiger partial charge in [0.1, 0.15) is 11.4 Å². The van der Waals surface area contributed by atoms with E-state index in [2.05, 4.69) is 4.98 Å². The number of hydrogen-bond donors (Lipinski definition) is 1. The highest BCUT2D eigenvalue weighted by atomic mass is 16.5. The van der Waals surface area contributed by atoms with Crippen molar-refractivity contribution >= 4 is 11.9 Å². The van der Waals surface area contributed by atoms with Crippen molar-refractivity contribution in [1.29, 1.82) is 0 Å². The van der Waals surface area contributed by atoms with Crippen LogP contribution in [-0.4, -0.2) is 54.2 Å². The van der Waals surface area contributed by atoms with Gasteiger partial charge < -0.3 is 24.1 Å². The van der Waals surface area contributed by atoms with E-state index in [1.807, 2.05) is 45.0 Å². The number of carbonyl (C=O) groups is 2.